The van der Waals surface area contributed by atoms with Crippen molar-refractivity contribution in [1.82, 2.24) is 5.32 Å². The van der Waals surface area contributed by atoms with Gasteiger partial charge in [-0.1, -0.05) is 30.3 Å². The molecule has 1 atom stereocenters. The summed E-state index contributed by atoms with van der Waals surface area (Å²) in [7, 11) is 0. The lowest BCUT2D eigenvalue weighted by molar-refractivity contribution is -0.119. The Labute approximate surface area is 105 Å². The molecule has 0 fully saturated rings. The predicted molar refractivity (Wildman–Crippen MR) is 67.3 cm³/mol. The number of rotatable bonds is 6. The van der Waals surface area contributed by atoms with Crippen LogP contribution in [0.3, 0.4) is 0 Å². The number of benzene rings is 1. The van der Waals surface area contributed by atoms with Crippen molar-refractivity contribution in [3.63, 3.8) is 0 Å². The maximum Gasteiger partial charge on any atom is 0.230 e. The van der Waals surface area contributed by atoms with E-state index in [1.807, 2.05) is 36.4 Å². The Balaban J connectivity index is 2.48. The number of nitriles is 1. The summed E-state index contributed by atoms with van der Waals surface area (Å²) < 4.78 is 0. The minimum absolute atomic E-state index is 0.140. The van der Waals surface area contributed by atoms with Gasteiger partial charge >= 0.3 is 0 Å². The third-order valence-electron chi connectivity index (χ3n) is 2.12. The Morgan fingerprint density at radius 2 is 2.18 bits per heavy atom. The summed E-state index contributed by atoms with van der Waals surface area (Å²) in [5, 5.41) is 20.3. The molecule has 0 bridgehead atoms. The van der Waals surface area contributed by atoms with E-state index in [1.54, 1.807) is 0 Å². The Bertz CT molecular complexity index is 389. The lowest BCUT2D eigenvalue weighted by Crippen LogP contribution is -2.32. The van der Waals surface area contributed by atoms with Crippen LogP contribution >= 0.6 is 11.8 Å². The molecule has 0 radical (unpaired) electrons. The smallest absolute Gasteiger partial charge is 0.230 e. The average Bonchev–Trinajstić information content (AvgIpc) is 2.37. The van der Waals surface area contributed by atoms with Crippen LogP contribution in [0.15, 0.2) is 30.3 Å². The van der Waals surface area contributed by atoms with Crippen molar-refractivity contribution in [2.45, 2.75) is 6.04 Å². The van der Waals surface area contributed by atoms with Crippen LogP contribution in [-0.4, -0.2) is 29.1 Å². The maximum absolute atomic E-state index is 11.5. The number of carbonyl (C=O) groups is 1. The first-order chi connectivity index (χ1) is 8.27. The average molecular weight is 250 g/mol. The normalized spacial score (nSPS) is 11.5. The fourth-order valence-corrected chi connectivity index (χ4v) is 1.81. The first kappa shape index (κ1) is 13.6. The molecular formula is C12H14N2O2S. The molecule has 1 amide bonds. The molecule has 1 rings (SSSR count). The quantitative estimate of drug-likeness (QED) is 0.741. The molecule has 5 heteroatoms. The Hall–Kier alpha value is -1.51. The van der Waals surface area contributed by atoms with Gasteiger partial charge in [-0.25, -0.2) is 0 Å². The van der Waals surface area contributed by atoms with Gasteiger partial charge in [0.25, 0.3) is 0 Å². The van der Waals surface area contributed by atoms with Gasteiger partial charge in [0.05, 0.1) is 30.2 Å². The molecule has 1 aromatic rings. The lowest BCUT2D eigenvalue weighted by Gasteiger charge is -2.16. The van der Waals surface area contributed by atoms with Crippen molar-refractivity contribution in [3.05, 3.63) is 35.9 Å². The second kappa shape index (κ2) is 7.71. The zero-order valence-electron chi connectivity index (χ0n) is 9.30. The number of aliphatic hydroxyl groups is 1. The highest BCUT2D eigenvalue weighted by atomic mass is 32.2. The SMILES string of the molecule is N#CCSCC(=O)N[C@@H](CO)c1ccccc1. The standard InChI is InChI=1S/C12H14N2O2S/c13-6-7-17-9-12(16)14-11(8-15)10-4-2-1-3-5-10/h1-5,11,15H,7-9H2,(H,14,16)/t11-/m0/s1. The second-order valence-electron chi connectivity index (χ2n) is 3.36. The highest BCUT2D eigenvalue weighted by molar-refractivity contribution is 8.00. The van der Waals surface area contributed by atoms with Gasteiger partial charge in [0.2, 0.25) is 5.91 Å². The van der Waals surface area contributed by atoms with Gasteiger partial charge in [-0.15, -0.1) is 11.8 Å². The summed E-state index contributed by atoms with van der Waals surface area (Å²) in [5.74, 6) is 0.354. The van der Waals surface area contributed by atoms with Gasteiger partial charge in [0.15, 0.2) is 0 Å². The molecule has 0 aliphatic heterocycles. The fraction of sp³-hybridized carbons (Fsp3) is 0.333. The maximum atomic E-state index is 11.5. The van der Waals surface area contributed by atoms with E-state index in [1.165, 1.54) is 11.8 Å². The van der Waals surface area contributed by atoms with E-state index in [-0.39, 0.29) is 24.3 Å². The number of thioether (sulfide) groups is 1. The van der Waals surface area contributed by atoms with Crippen LogP contribution in [0, 0.1) is 11.3 Å². The van der Waals surface area contributed by atoms with Gasteiger partial charge in [0.1, 0.15) is 0 Å². The monoisotopic (exact) mass is 250 g/mol. The number of hydrogen-bond donors (Lipinski definition) is 2. The minimum atomic E-state index is -0.383. The highest BCUT2D eigenvalue weighted by Crippen LogP contribution is 2.11. The van der Waals surface area contributed by atoms with E-state index in [0.29, 0.717) is 5.75 Å². The van der Waals surface area contributed by atoms with Crippen molar-refractivity contribution >= 4 is 17.7 Å². The van der Waals surface area contributed by atoms with E-state index in [0.717, 1.165) is 5.56 Å². The molecule has 0 aliphatic carbocycles. The molecular weight excluding hydrogens is 236 g/mol. The molecule has 0 saturated heterocycles. The summed E-state index contributed by atoms with van der Waals surface area (Å²) in [6.45, 7) is -0.140. The Kier molecular flexibility index (Phi) is 6.15. The summed E-state index contributed by atoms with van der Waals surface area (Å²) in [5.41, 5.74) is 0.869. The number of nitrogens with one attached hydrogen (secondary N) is 1. The lowest BCUT2D eigenvalue weighted by atomic mass is 10.1. The van der Waals surface area contributed by atoms with Crippen molar-refractivity contribution in [3.8, 4) is 6.07 Å². The van der Waals surface area contributed by atoms with Gasteiger partial charge in [0, 0.05) is 0 Å². The number of aliphatic hydroxyl groups excluding tert-OH is 1. The van der Waals surface area contributed by atoms with Crippen LogP contribution in [0.4, 0.5) is 0 Å². The second-order valence-corrected chi connectivity index (χ2v) is 4.35. The Morgan fingerprint density at radius 3 is 2.76 bits per heavy atom. The van der Waals surface area contributed by atoms with Gasteiger partial charge in [-0.3, -0.25) is 4.79 Å². The number of carbonyl (C=O) groups excluding carboxylic acids is 1. The molecule has 90 valence electrons. The van der Waals surface area contributed by atoms with Crippen molar-refractivity contribution in [2.75, 3.05) is 18.1 Å². The molecule has 0 aromatic heterocycles. The molecule has 1 aromatic carbocycles. The Morgan fingerprint density at radius 1 is 1.47 bits per heavy atom. The zero-order valence-corrected chi connectivity index (χ0v) is 10.1. The van der Waals surface area contributed by atoms with Crippen LogP contribution in [0.2, 0.25) is 0 Å². The largest absolute Gasteiger partial charge is 0.394 e. The van der Waals surface area contributed by atoms with Gasteiger partial charge < -0.3 is 10.4 Å². The molecule has 4 nitrogen and oxygen atoms in total. The number of amides is 1. The molecule has 0 spiro atoms. The molecule has 0 unspecified atom stereocenters. The summed E-state index contributed by atoms with van der Waals surface area (Å²) in [6.07, 6.45) is 0. The van der Waals surface area contributed by atoms with Crippen molar-refractivity contribution in [1.29, 1.82) is 5.26 Å². The van der Waals surface area contributed by atoms with Gasteiger partial charge in [-0.05, 0) is 5.56 Å². The van der Waals surface area contributed by atoms with Gasteiger partial charge in [-0.2, -0.15) is 5.26 Å². The minimum Gasteiger partial charge on any atom is -0.394 e. The van der Waals surface area contributed by atoms with E-state index >= 15 is 0 Å². The fourth-order valence-electron chi connectivity index (χ4n) is 1.35. The molecule has 17 heavy (non-hydrogen) atoms. The highest BCUT2D eigenvalue weighted by Gasteiger charge is 2.12. The topological polar surface area (TPSA) is 73.1 Å². The third-order valence-corrected chi connectivity index (χ3v) is 2.92. The molecule has 0 heterocycles. The zero-order chi connectivity index (χ0) is 12.5. The number of hydrogen-bond acceptors (Lipinski definition) is 4. The molecule has 2 N–H and O–H groups in total. The first-order valence-corrected chi connectivity index (χ1v) is 6.33. The summed E-state index contributed by atoms with van der Waals surface area (Å²) >= 11 is 1.25. The van der Waals surface area contributed by atoms with Crippen LogP contribution in [-0.2, 0) is 4.79 Å². The van der Waals surface area contributed by atoms with E-state index < -0.39 is 0 Å². The van der Waals surface area contributed by atoms with E-state index in [2.05, 4.69) is 5.32 Å². The van der Waals surface area contributed by atoms with E-state index in [4.69, 9.17) is 5.26 Å². The first-order valence-electron chi connectivity index (χ1n) is 5.17. The predicted octanol–water partition coefficient (Wildman–Crippen LogP) is 1.09. The van der Waals surface area contributed by atoms with Crippen LogP contribution in [0.1, 0.15) is 11.6 Å². The van der Waals surface area contributed by atoms with Crippen LogP contribution < -0.4 is 5.32 Å². The van der Waals surface area contributed by atoms with Crippen molar-refractivity contribution in [2.24, 2.45) is 0 Å². The molecule has 0 aliphatic rings. The van der Waals surface area contributed by atoms with Crippen LogP contribution in [0.25, 0.3) is 0 Å². The third kappa shape index (κ3) is 4.89. The summed E-state index contributed by atoms with van der Waals surface area (Å²) in [4.78, 5) is 11.5. The number of nitrogens with zero attached hydrogens (tertiary/aromatic N) is 1. The van der Waals surface area contributed by atoms with E-state index in [9.17, 15) is 9.90 Å². The van der Waals surface area contributed by atoms with Crippen LogP contribution in [0.5, 0.6) is 0 Å². The molecule has 0 saturated carbocycles. The van der Waals surface area contributed by atoms with Crippen molar-refractivity contribution < 1.29 is 9.90 Å². The summed E-state index contributed by atoms with van der Waals surface area (Å²) in [6, 6.07) is 10.9.